The molecule has 0 spiro atoms. The highest BCUT2D eigenvalue weighted by Gasteiger charge is 2.10. The summed E-state index contributed by atoms with van der Waals surface area (Å²) in [4.78, 5) is 32.5. The minimum Gasteiger partial charge on any atom is -0.348 e. The molecule has 4 aromatic rings. The average Bonchev–Trinajstić information content (AvgIpc) is 3.28. The summed E-state index contributed by atoms with van der Waals surface area (Å²) < 4.78 is 0. The molecule has 2 aromatic carbocycles. The van der Waals surface area contributed by atoms with Crippen LogP contribution in [0.1, 0.15) is 22.8 Å². The zero-order chi connectivity index (χ0) is 21.6. The molecule has 2 heterocycles. The van der Waals surface area contributed by atoms with Crippen molar-refractivity contribution in [3.05, 3.63) is 89.4 Å². The fourth-order valence-corrected chi connectivity index (χ4v) is 3.89. The minimum atomic E-state index is -0.237. The van der Waals surface area contributed by atoms with Crippen LogP contribution in [-0.4, -0.2) is 21.8 Å². The van der Waals surface area contributed by atoms with Crippen molar-refractivity contribution in [2.45, 2.75) is 13.5 Å². The molecule has 154 valence electrons. The maximum absolute atomic E-state index is 12.5. The number of nitrogens with one attached hydrogen (secondary N) is 2. The third kappa shape index (κ3) is 5.21. The van der Waals surface area contributed by atoms with Gasteiger partial charge in [0.2, 0.25) is 5.91 Å². The van der Waals surface area contributed by atoms with Gasteiger partial charge in [-0.1, -0.05) is 48.5 Å². The Bertz CT molecular complexity index is 1220. The second kappa shape index (κ2) is 9.32. The summed E-state index contributed by atoms with van der Waals surface area (Å²) in [7, 11) is 0. The molecule has 0 saturated carbocycles. The van der Waals surface area contributed by atoms with Crippen LogP contribution >= 0.6 is 11.3 Å². The lowest BCUT2D eigenvalue weighted by atomic mass is 10.1. The van der Waals surface area contributed by atoms with E-state index in [0.717, 1.165) is 27.4 Å². The molecule has 2 N–H and O–H groups in total. The zero-order valence-electron chi connectivity index (χ0n) is 16.8. The first-order chi connectivity index (χ1) is 15.1. The number of amides is 2. The highest BCUT2D eigenvalue weighted by Crippen LogP contribution is 2.29. The number of hydrogen-bond donors (Lipinski definition) is 2. The molecule has 31 heavy (non-hydrogen) atoms. The maximum atomic E-state index is 12.5. The Morgan fingerprint density at radius 1 is 0.968 bits per heavy atom. The van der Waals surface area contributed by atoms with Crippen LogP contribution in [-0.2, 0) is 11.3 Å². The number of aromatic nitrogens is 2. The summed E-state index contributed by atoms with van der Waals surface area (Å²) in [6.07, 6.45) is 1.49. The lowest BCUT2D eigenvalue weighted by Gasteiger charge is -2.08. The van der Waals surface area contributed by atoms with E-state index in [4.69, 9.17) is 4.98 Å². The largest absolute Gasteiger partial charge is 0.348 e. The van der Waals surface area contributed by atoms with E-state index in [0.29, 0.717) is 17.9 Å². The number of anilines is 1. The molecular formula is C24H20N4O2S. The van der Waals surface area contributed by atoms with Gasteiger partial charge in [-0.3, -0.25) is 9.59 Å². The predicted octanol–water partition coefficient (Wildman–Crippen LogP) is 4.76. The molecule has 0 bridgehead atoms. The molecular weight excluding hydrogens is 408 g/mol. The van der Waals surface area contributed by atoms with Crippen LogP contribution in [0, 0.1) is 0 Å². The third-order valence-corrected chi connectivity index (χ3v) is 5.42. The first-order valence-corrected chi connectivity index (χ1v) is 10.6. The number of pyridine rings is 1. The quantitative estimate of drug-likeness (QED) is 0.464. The van der Waals surface area contributed by atoms with Gasteiger partial charge in [-0.05, 0) is 23.8 Å². The highest BCUT2D eigenvalue weighted by molar-refractivity contribution is 7.13. The molecule has 2 amide bonds. The molecule has 6 nitrogen and oxygen atoms in total. The first-order valence-electron chi connectivity index (χ1n) is 9.70. The molecule has 0 radical (unpaired) electrons. The Morgan fingerprint density at radius 2 is 1.77 bits per heavy atom. The molecule has 0 saturated heterocycles. The van der Waals surface area contributed by atoms with Crippen LogP contribution in [0.3, 0.4) is 0 Å². The number of carbonyl (C=O) groups is 2. The normalized spacial score (nSPS) is 10.5. The van der Waals surface area contributed by atoms with Crippen molar-refractivity contribution in [1.82, 2.24) is 15.3 Å². The van der Waals surface area contributed by atoms with Crippen molar-refractivity contribution in [3.63, 3.8) is 0 Å². The van der Waals surface area contributed by atoms with Crippen molar-refractivity contribution in [2.75, 3.05) is 5.32 Å². The molecule has 0 atom stereocenters. The van der Waals surface area contributed by atoms with E-state index in [9.17, 15) is 9.59 Å². The Labute approximate surface area is 184 Å². The average molecular weight is 429 g/mol. The van der Waals surface area contributed by atoms with Crippen LogP contribution in [0.25, 0.3) is 21.8 Å². The predicted molar refractivity (Wildman–Crippen MR) is 123 cm³/mol. The number of thiazole rings is 1. The van der Waals surface area contributed by atoms with Gasteiger partial charge in [-0.2, -0.15) is 0 Å². The third-order valence-electron chi connectivity index (χ3n) is 4.53. The van der Waals surface area contributed by atoms with E-state index in [1.165, 1.54) is 13.1 Å². The summed E-state index contributed by atoms with van der Waals surface area (Å²) in [5.74, 6) is -0.125. The van der Waals surface area contributed by atoms with Crippen molar-refractivity contribution in [3.8, 4) is 21.8 Å². The number of rotatable bonds is 6. The summed E-state index contributed by atoms with van der Waals surface area (Å²) in [6.45, 7) is 1.77. The van der Waals surface area contributed by atoms with E-state index in [1.54, 1.807) is 23.5 Å². The summed E-state index contributed by atoms with van der Waals surface area (Å²) in [6, 6.07) is 21.2. The highest BCUT2D eigenvalue weighted by atomic mass is 32.1. The summed E-state index contributed by atoms with van der Waals surface area (Å²) >= 11 is 1.59. The number of hydrogen-bond acceptors (Lipinski definition) is 5. The number of nitrogens with zero attached hydrogens (tertiary/aromatic N) is 2. The lowest BCUT2D eigenvalue weighted by Crippen LogP contribution is -2.23. The molecule has 0 aliphatic heterocycles. The van der Waals surface area contributed by atoms with E-state index >= 15 is 0 Å². The lowest BCUT2D eigenvalue weighted by molar-refractivity contribution is -0.114. The minimum absolute atomic E-state index is 0.236. The van der Waals surface area contributed by atoms with Gasteiger partial charge in [0, 0.05) is 41.7 Å². The second-order valence-electron chi connectivity index (χ2n) is 6.90. The molecule has 7 heteroatoms. The van der Waals surface area contributed by atoms with Gasteiger partial charge in [0.1, 0.15) is 10.8 Å². The Balaban J connectivity index is 1.44. The van der Waals surface area contributed by atoms with E-state index in [-0.39, 0.29) is 11.8 Å². The van der Waals surface area contributed by atoms with Crippen LogP contribution in [0.15, 0.2) is 78.3 Å². The van der Waals surface area contributed by atoms with Crippen LogP contribution in [0.2, 0.25) is 0 Å². The van der Waals surface area contributed by atoms with Gasteiger partial charge >= 0.3 is 0 Å². The zero-order valence-corrected chi connectivity index (χ0v) is 17.6. The standard InChI is InChI=1S/C24H20N4O2S/c1-16(29)27-22-13-19(10-11-25-22)23(30)26-14-17-6-5-9-20(12-17)24-28-21(15-31-24)18-7-3-2-4-8-18/h2-13,15H,14H2,1H3,(H,26,30)(H,25,27,29). The van der Waals surface area contributed by atoms with Crippen molar-refractivity contribution >= 4 is 29.0 Å². The van der Waals surface area contributed by atoms with Gasteiger partial charge < -0.3 is 10.6 Å². The summed E-state index contributed by atoms with van der Waals surface area (Å²) in [5, 5.41) is 8.47. The van der Waals surface area contributed by atoms with E-state index < -0.39 is 0 Å². The van der Waals surface area contributed by atoms with Gasteiger partial charge in [-0.15, -0.1) is 11.3 Å². The van der Waals surface area contributed by atoms with Crippen molar-refractivity contribution < 1.29 is 9.59 Å². The monoisotopic (exact) mass is 428 g/mol. The van der Waals surface area contributed by atoms with Crippen molar-refractivity contribution in [1.29, 1.82) is 0 Å². The Hall–Kier alpha value is -3.84. The SMILES string of the molecule is CC(=O)Nc1cc(C(=O)NCc2cccc(-c3nc(-c4ccccc4)cs3)c2)ccn1. The van der Waals surface area contributed by atoms with Crippen molar-refractivity contribution in [2.24, 2.45) is 0 Å². The molecule has 0 aliphatic rings. The molecule has 2 aromatic heterocycles. The van der Waals surface area contributed by atoms with Gasteiger partial charge in [0.25, 0.3) is 5.91 Å². The molecule has 0 aliphatic carbocycles. The van der Waals surface area contributed by atoms with E-state index in [2.05, 4.69) is 21.0 Å². The van der Waals surface area contributed by atoms with Crippen LogP contribution < -0.4 is 10.6 Å². The van der Waals surface area contributed by atoms with Gasteiger partial charge in [0.15, 0.2) is 0 Å². The van der Waals surface area contributed by atoms with Gasteiger partial charge in [-0.25, -0.2) is 9.97 Å². The molecule has 0 unspecified atom stereocenters. The van der Waals surface area contributed by atoms with E-state index in [1.807, 2.05) is 54.6 Å². The number of benzene rings is 2. The first kappa shape index (κ1) is 20.4. The topological polar surface area (TPSA) is 84.0 Å². The van der Waals surface area contributed by atoms with Crippen LogP contribution in [0.4, 0.5) is 5.82 Å². The molecule has 4 rings (SSSR count). The summed E-state index contributed by atoms with van der Waals surface area (Å²) in [5.41, 5.74) is 4.45. The number of carbonyl (C=O) groups excluding carboxylic acids is 2. The Kier molecular flexibility index (Phi) is 6.14. The van der Waals surface area contributed by atoms with Crippen LogP contribution in [0.5, 0.6) is 0 Å². The van der Waals surface area contributed by atoms with Gasteiger partial charge in [0.05, 0.1) is 5.69 Å². The fourth-order valence-electron chi connectivity index (χ4n) is 3.07. The molecule has 0 fully saturated rings. The Morgan fingerprint density at radius 3 is 2.58 bits per heavy atom. The smallest absolute Gasteiger partial charge is 0.251 e. The second-order valence-corrected chi connectivity index (χ2v) is 7.76. The maximum Gasteiger partial charge on any atom is 0.251 e. The fraction of sp³-hybridized carbons (Fsp3) is 0.0833.